The highest BCUT2D eigenvalue weighted by Crippen LogP contribution is 2.42. The Morgan fingerprint density at radius 1 is 1.44 bits per heavy atom. The molecule has 0 unspecified atom stereocenters. The topological polar surface area (TPSA) is 55.1 Å². The molecule has 1 aliphatic rings. The third-order valence-electron chi connectivity index (χ3n) is 3.96. The average molecular weight is 311 g/mol. The number of nitrogen functional groups attached to an aromatic ring is 1. The molecule has 1 aromatic carbocycles. The maximum Gasteiger partial charge on any atom is 0.230 e. The third-order valence-corrected chi connectivity index (χ3v) is 4.65. The van der Waals surface area contributed by atoms with Gasteiger partial charge in [-0.1, -0.05) is 19.8 Å². The van der Waals surface area contributed by atoms with Crippen molar-refractivity contribution >= 4 is 33.2 Å². The van der Waals surface area contributed by atoms with Crippen LogP contribution >= 0.6 is 15.9 Å². The number of halogens is 1. The average Bonchev–Trinajstić information content (AvgIpc) is 2.84. The predicted octanol–water partition coefficient (Wildman–Crippen LogP) is 3.94. The predicted molar refractivity (Wildman–Crippen MR) is 78.4 cm³/mol. The molecule has 0 spiro atoms. The molecule has 0 aromatic heterocycles. The largest absolute Gasteiger partial charge is 0.399 e. The molecule has 3 nitrogen and oxygen atoms in total. The maximum absolute atomic E-state index is 12.5. The number of anilines is 2. The Kier molecular flexibility index (Phi) is 3.95. The first-order chi connectivity index (χ1) is 8.57. The molecule has 1 aromatic rings. The second kappa shape index (κ2) is 5.31. The number of amides is 1. The molecule has 3 N–H and O–H groups in total. The zero-order valence-electron chi connectivity index (χ0n) is 10.6. The van der Waals surface area contributed by atoms with Crippen LogP contribution in [0.1, 0.15) is 39.0 Å². The van der Waals surface area contributed by atoms with E-state index in [-0.39, 0.29) is 11.3 Å². The molecule has 1 amide bonds. The highest BCUT2D eigenvalue weighted by molar-refractivity contribution is 9.10. The van der Waals surface area contributed by atoms with E-state index in [0.29, 0.717) is 5.69 Å². The summed E-state index contributed by atoms with van der Waals surface area (Å²) < 4.78 is 0.870. The van der Waals surface area contributed by atoms with Crippen LogP contribution in [0.4, 0.5) is 11.4 Å². The monoisotopic (exact) mass is 310 g/mol. The molecule has 0 saturated heterocycles. The highest BCUT2D eigenvalue weighted by Gasteiger charge is 2.39. The second-order valence-electron chi connectivity index (χ2n) is 5.03. The Hall–Kier alpha value is -1.03. The van der Waals surface area contributed by atoms with E-state index in [1.807, 2.05) is 12.1 Å². The third kappa shape index (κ3) is 2.53. The summed E-state index contributed by atoms with van der Waals surface area (Å²) in [6, 6.07) is 5.46. The highest BCUT2D eigenvalue weighted by atomic mass is 79.9. The van der Waals surface area contributed by atoms with Crippen molar-refractivity contribution in [2.24, 2.45) is 5.41 Å². The van der Waals surface area contributed by atoms with Gasteiger partial charge in [0.2, 0.25) is 5.91 Å². The fourth-order valence-corrected chi connectivity index (χ4v) is 3.03. The van der Waals surface area contributed by atoms with Gasteiger partial charge in [-0.3, -0.25) is 4.79 Å². The molecule has 4 heteroatoms. The van der Waals surface area contributed by atoms with Crippen molar-refractivity contribution in [1.82, 2.24) is 0 Å². The summed E-state index contributed by atoms with van der Waals surface area (Å²) in [6.45, 7) is 2.10. The lowest BCUT2D eigenvalue weighted by Crippen LogP contribution is -2.33. The van der Waals surface area contributed by atoms with E-state index in [4.69, 9.17) is 5.73 Å². The zero-order chi connectivity index (χ0) is 13.2. The summed E-state index contributed by atoms with van der Waals surface area (Å²) in [5.41, 5.74) is 6.99. The number of carbonyl (C=O) groups is 1. The van der Waals surface area contributed by atoms with Gasteiger partial charge in [0.05, 0.1) is 5.69 Å². The van der Waals surface area contributed by atoms with Gasteiger partial charge < -0.3 is 11.1 Å². The quantitative estimate of drug-likeness (QED) is 0.831. The summed E-state index contributed by atoms with van der Waals surface area (Å²) in [5, 5.41) is 3.02. The van der Waals surface area contributed by atoms with Gasteiger partial charge in [-0.2, -0.15) is 0 Å². The molecule has 98 valence electrons. The van der Waals surface area contributed by atoms with Gasteiger partial charge in [0.25, 0.3) is 0 Å². The summed E-state index contributed by atoms with van der Waals surface area (Å²) in [6.07, 6.45) is 5.20. The Morgan fingerprint density at radius 2 is 2.11 bits per heavy atom. The van der Waals surface area contributed by atoms with E-state index in [2.05, 4.69) is 28.2 Å². The maximum atomic E-state index is 12.5. The number of hydrogen-bond donors (Lipinski definition) is 2. The molecule has 1 aliphatic carbocycles. The normalized spacial score (nSPS) is 17.7. The summed E-state index contributed by atoms with van der Waals surface area (Å²) >= 11 is 3.44. The van der Waals surface area contributed by atoms with Crippen molar-refractivity contribution in [2.75, 3.05) is 11.1 Å². The van der Waals surface area contributed by atoms with Crippen LogP contribution in [-0.4, -0.2) is 5.91 Å². The number of benzene rings is 1. The zero-order valence-corrected chi connectivity index (χ0v) is 12.2. The van der Waals surface area contributed by atoms with Gasteiger partial charge in [-0.15, -0.1) is 0 Å². The lowest BCUT2D eigenvalue weighted by molar-refractivity contribution is -0.125. The molecule has 2 rings (SSSR count). The Balaban J connectivity index is 2.18. The van der Waals surface area contributed by atoms with Gasteiger partial charge in [-0.05, 0) is 53.4 Å². The van der Waals surface area contributed by atoms with Crippen LogP contribution in [0, 0.1) is 5.41 Å². The van der Waals surface area contributed by atoms with Crippen molar-refractivity contribution in [3.8, 4) is 0 Å². The molecule has 18 heavy (non-hydrogen) atoms. The smallest absolute Gasteiger partial charge is 0.230 e. The molecule has 0 atom stereocenters. The Labute approximate surface area is 116 Å². The van der Waals surface area contributed by atoms with E-state index in [1.54, 1.807) is 6.07 Å². The van der Waals surface area contributed by atoms with E-state index in [0.717, 1.165) is 42.3 Å². The van der Waals surface area contributed by atoms with Crippen molar-refractivity contribution < 1.29 is 4.79 Å². The molecule has 0 bridgehead atoms. The van der Waals surface area contributed by atoms with Crippen LogP contribution in [-0.2, 0) is 4.79 Å². The van der Waals surface area contributed by atoms with Crippen molar-refractivity contribution in [3.63, 3.8) is 0 Å². The van der Waals surface area contributed by atoms with Crippen LogP contribution < -0.4 is 11.1 Å². The summed E-state index contributed by atoms with van der Waals surface area (Å²) in [4.78, 5) is 12.5. The van der Waals surface area contributed by atoms with Crippen molar-refractivity contribution in [3.05, 3.63) is 22.7 Å². The first-order valence-corrected chi connectivity index (χ1v) is 7.23. The number of carbonyl (C=O) groups excluding carboxylic acids is 1. The number of nitrogens with one attached hydrogen (secondary N) is 1. The molecular formula is C14H19BrN2O. The lowest BCUT2D eigenvalue weighted by Gasteiger charge is -2.26. The van der Waals surface area contributed by atoms with Gasteiger partial charge in [0, 0.05) is 15.6 Å². The van der Waals surface area contributed by atoms with E-state index < -0.39 is 0 Å². The SMILES string of the molecule is CCC1(C(=O)Nc2cc(N)ccc2Br)CCCC1. The van der Waals surface area contributed by atoms with Crippen LogP contribution in [0.15, 0.2) is 22.7 Å². The van der Waals surface area contributed by atoms with E-state index in [9.17, 15) is 4.79 Å². The van der Waals surface area contributed by atoms with Gasteiger partial charge in [-0.25, -0.2) is 0 Å². The van der Waals surface area contributed by atoms with Crippen LogP contribution in [0.25, 0.3) is 0 Å². The number of rotatable bonds is 3. The number of nitrogens with two attached hydrogens (primary N) is 1. The fourth-order valence-electron chi connectivity index (χ4n) is 2.69. The molecule has 1 fully saturated rings. The van der Waals surface area contributed by atoms with E-state index in [1.165, 1.54) is 0 Å². The molecule has 0 aliphatic heterocycles. The summed E-state index contributed by atoms with van der Waals surface area (Å²) in [7, 11) is 0. The number of hydrogen-bond acceptors (Lipinski definition) is 2. The van der Waals surface area contributed by atoms with Crippen molar-refractivity contribution in [2.45, 2.75) is 39.0 Å². The fraction of sp³-hybridized carbons (Fsp3) is 0.500. The Bertz CT molecular complexity index is 453. The summed E-state index contributed by atoms with van der Waals surface area (Å²) in [5.74, 6) is 0.133. The van der Waals surface area contributed by atoms with Gasteiger partial charge in [0.1, 0.15) is 0 Å². The molecule has 1 saturated carbocycles. The Morgan fingerprint density at radius 3 is 2.72 bits per heavy atom. The molecule has 0 radical (unpaired) electrons. The molecular weight excluding hydrogens is 292 g/mol. The van der Waals surface area contributed by atoms with Gasteiger partial charge >= 0.3 is 0 Å². The van der Waals surface area contributed by atoms with Crippen LogP contribution in [0.3, 0.4) is 0 Å². The first-order valence-electron chi connectivity index (χ1n) is 6.44. The molecule has 0 heterocycles. The first kappa shape index (κ1) is 13.4. The lowest BCUT2D eigenvalue weighted by atomic mass is 9.82. The minimum absolute atomic E-state index is 0.133. The van der Waals surface area contributed by atoms with E-state index >= 15 is 0 Å². The van der Waals surface area contributed by atoms with Crippen LogP contribution in [0.2, 0.25) is 0 Å². The van der Waals surface area contributed by atoms with Crippen LogP contribution in [0.5, 0.6) is 0 Å². The van der Waals surface area contributed by atoms with Crippen molar-refractivity contribution in [1.29, 1.82) is 0 Å². The second-order valence-corrected chi connectivity index (χ2v) is 5.89. The minimum atomic E-state index is -0.177. The van der Waals surface area contributed by atoms with Gasteiger partial charge in [0.15, 0.2) is 0 Å². The minimum Gasteiger partial charge on any atom is -0.399 e. The standard InChI is InChI=1S/C14H19BrN2O/c1-2-14(7-3-4-8-14)13(18)17-12-9-10(16)5-6-11(12)15/h5-6,9H,2-4,7-8,16H2,1H3,(H,17,18).